The first-order valence-corrected chi connectivity index (χ1v) is 7.96. The van der Waals surface area contributed by atoms with Crippen molar-refractivity contribution in [2.45, 2.75) is 6.61 Å². The number of nitrogens with zero attached hydrogens (tertiary/aromatic N) is 4. The molecule has 0 fully saturated rings. The molecule has 0 atom stereocenters. The average Bonchev–Trinajstić information content (AvgIpc) is 3.24. The maximum atomic E-state index is 11.2. The molecular formula is C16H18N8O2. The molecule has 10 heteroatoms. The zero-order valence-electron chi connectivity index (χ0n) is 14.2. The van der Waals surface area contributed by atoms with Crippen molar-refractivity contribution in [3.8, 4) is 0 Å². The van der Waals surface area contributed by atoms with Crippen LogP contribution < -0.4 is 26.6 Å². The van der Waals surface area contributed by atoms with Gasteiger partial charge < -0.3 is 15.7 Å². The second-order valence-corrected chi connectivity index (χ2v) is 5.85. The van der Waals surface area contributed by atoms with Crippen LogP contribution in [0.1, 0.15) is 15.9 Å². The number of aliphatic hydroxyl groups is 1. The number of anilines is 5. The molecule has 0 spiro atoms. The number of carbonyl (C=O) groups is 1. The number of carbonyl (C=O) groups excluding carboxylic acids is 1. The number of aromatic nitrogens is 3. The summed E-state index contributed by atoms with van der Waals surface area (Å²) in [7, 11) is 3.64. The third-order valence-electron chi connectivity index (χ3n) is 4.21. The summed E-state index contributed by atoms with van der Waals surface area (Å²) in [4.78, 5) is 15.7. The summed E-state index contributed by atoms with van der Waals surface area (Å²) in [5.74, 6) is 1.22. The highest BCUT2D eigenvalue weighted by molar-refractivity contribution is 5.89. The first kappa shape index (κ1) is 16.1. The van der Waals surface area contributed by atoms with Gasteiger partial charge in [0.1, 0.15) is 11.6 Å². The highest BCUT2D eigenvalue weighted by Gasteiger charge is 2.20. The second-order valence-electron chi connectivity index (χ2n) is 5.85. The molecule has 134 valence electrons. The van der Waals surface area contributed by atoms with E-state index in [9.17, 15) is 9.90 Å². The Hall–Kier alpha value is -3.37. The van der Waals surface area contributed by atoms with Gasteiger partial charge in [0, 0.05) is 20.2 Å². The maximum Gasteiger partial charge on any atom is 0.170 e. The summed E-state index contributed by atoms with van der Waals surface area (Å²) in [6.07, 6.45) is 2.20. The van der Waals surface area contributed by atoms with Gasteiger partial charge in [0.15, 0.2) is 11.9 Å². The molecule has 3 heterocycles. The van der Waals surface area contributed by atoms with E-state index in [1.807, 2.05) is 24.2 Å². The van der Waals surface area contributed by atoms with Crippen molar-refractivity contribution in [2.75, 3.05) is 35.2 Å². The lowest BCUT2D eigenvalue weighted by Gasteiger charge is -2.14. The van der Waals surface area contributed by atoms with Crippen LogP contribution in [0.25, 0.3) is 5.65 Å². The van der Waals surface area contributed by atoms with Crippen molar-refractivity contribution in [1.82, 2.24) is 20.1 Å². The Morgan fingerprint density at radius 2 is 2.19 bits per heavy atom. The van der Waals surface area contributed by atoms with Gasteiger partial charge in [-0.25, -0.2) is 4.98 Å². The maximum absolute atomic E-state index is 11.2. The summed E-state index contributed by atoms with van der Waals surface area (Å²) in [5.41, 5.74) is 10.2. The van der Waals surface area contributed by atoms with Crippen LogP contribution in [0.5, 0.6) is 0 Å². The summed E-state index contributed by atoms with van der Waals surface area (Å²) in [6, 6.07) is 5.53. The highest BCUT2D eigenvalue weighted by atomic mass is 16.3. The molecule has 0 saturated carbocycles. The Bertz CT molecular complexity index is 1000. The molecule has 1 aromatic carbocycles. The van der Waals surface area contributed by atoms with E-state index in [1.165, 1.54) is 6.20 Å². The number of rotatable bonds is 5. The van der Waals surface area contributed by atoms with Gasteiger partial charge in [0.25, 0.3) is 0 Å². The molecule has 4 rings (SSSR count). The van der Waals surface area contributed by atoms with Crippen molar-refractivity contribution >= 4 is 40.6 Å². The van der Waals surface area contributed by atoms with Gasteiger partial charge in [-0.2, -0.15) is 9.61 Å². The van der Waals surface area contributed by atoms with Gasteiger partial charge in [-0.1, -0.05) is 0 Å². The lowest BCUT2D eigenvalue weighted by molar-refractivity contribution is 0.112. The summed E-state index contributed by atoms with van der Waals surface area (Å²) < 4.78 is 1.57. The topological polar surface area (TPSA) is 119 Å². The van der Waals surface area contributed by atoms with Crippen molar-refractivity contribution in [3.63, 3.8) is 0 Å². The van der Waals surface area contributed by atoms with E-state index < -0.39 is 0 Å². The Kier molecular flexibility index (Phi) is 3.82. The first-order chi connectivity index (χ1) is 12.6. The van der Waals surface area contributed by atoms with Crippen LogP contribution in [0.15, 0.2) is 24.4 Å². The van der Waals surface area contributed by atoms with Gasteiger partial charge in [0.05, 0.1) is 35.4 Å². The zero-order valence-corrected chi connectivity index (χ0v) is 14.2. The predicted octanol–water partition coefficient (Wildman–Crippen LogP) is 1.10. The molecule has 0 radical (unpaired) electrons. The van der Waals surface area contributed by atoms with E-state index in [0.29, 0.717) is 22.8 Å². The standard InChI is InChI=1S/C16H18N8O2/c1-17-14-5-13(20-16-10(8-26)6-18-24(14)16)19-11-3-9(7-25)4-12-15(11)21-22-23(12)2/h3-6,8,17,21-22,25H,7H2,1-2H3,(H,19,20). The number of aldehydes is 1. The molecule has 1 aliphatic heterocycles. The van der Waals surface area contributed by atoms with E-state index in [-0.39, 0.29) is 6.61 Å². The van der Waals surface area contributed by atoms with E-state index in [0.717, 1.165) is 28.9 Å². The number of benzene rings is 1. The van der Waals surface area contributed by atoms with E-state index in [1.54, 1.807) is 17.6 Å². The fraction of sp³-hybridized carbons (Fsp3) is 0.188. The molecule has 5 N–H and O–H groups in total. The molecule has 0 bridgehead atoms. The van der Waals surface area contributed by atoms with Crippen molar-refractivity contribution in [3.05, 3.63) is 35.5 Å². The number of nitrogens with one attached hydrogen (secondary N) is 4. The third kappa shape index (κ3) is 2.48. The molecule has 0 unspecified atom stereocenters. The molecule has 3 aromatic rings. The van der Waals surface area contributed by atoms with Crippen LogP contribution in [0.3, 0.4) is 0 Å². The zero-order chi connectivity index (χ0) is 18.3. The molecule has 26 heavy (non-hydrogen) atoms. The van der Waals surface area contributed by atoms with Gasteiger partial charge >= 0.3 is 0 Å². The molecular weight excluding hydrogens is 336 g/mol. The number of fused-ring (bicyclic) bond motifs is 2. The van der Waals surface area contributed by atoms with Crippen LogP contribution in [0.2, 0.25) is 0 Å². The first-order valence-electron chi connectivity index (χ1n) is 7.96. The normalized spacial score (nSPS) is 12.8. The van der Waals surface area contributed by atoms with Crippen LogP contribution in [-0.2, 0) is 6.61 Å². The van der Waals surface area contributed by atoms with E-state index in [4.69, 9.17) is 0 Å². The smallest absolute Gasteiger partial charge is 0.170 e. The molecule has 10 nitrogen and oxygen atoms in total. The summed E-state index contributed by atoms with van der Waals surface area (Å²) in [5, 5.41) is 21.8. The second kappa shape index (κ2) is 6.17. The molecule has 0 saturated heterocycles. The van der Waals surface area contributed by atoms with Gasteiger partial charge in [-0.05, 0) is 17.7 Å². The van der Waals surface area contributed by atoms with Crippen molar-refractivity contribution in [1.29, 1.82) is 0 Å². The quantitative estimate of drug-likeness (QED) is 0.429. The fourth-order valence-electron chi connectivity index (χ4n) is 2.91. The lowest BCUT2D eigenvalue weighted by atomic mass is 10.1. The predicted molar refractivity (Wildman–Crippen MR) is 98.7 cm³/mol. The SMILES string of the molecule is CNc1cc(Nc2cc(CO)cc3c2NNN3C)nc2c(C=O)cnn12. The van der Waals surface area contributed by atoms with Crippen LogP contribution >= 0.6 is 0 Å². The number of aliphatic hydroxyl groups excluding tert-OH is 1. The Labute approximate surface area is 148 Å². The largest absolute Gasteiger partial charge is 0.392 e. The minimum atomic E-state index is -0.0814. The average molecular weight is 354 g/mol. The minimum Gasteiger partial charge on any atom is -0.392 e. The summed E-state index contributed by atoms with van der Waals surface area (Å²) >= 11 is 0. The Morgan fingerprint density at radius 3 is 2.92 bits per heavy atom. The van der Waals surface area contributed by atoms with E-state index in [2.05, 4.69) is 31.7 Å². The summed E-state index contributed by atoms with van der Waals surface area (Å²) in [6.45, 7) is -0.0814. The highest BCUT2D eigenvalue weighted by Crippen LogP contribution is 2.38. The van der Waals surface area contributed by atoms with Gasteiger partial charge in [-0.3, -0.25) is 15.2 Å². The molecule has 0 amide bonds. The number of hydrazine groups is 2. The van der Waals surface area contributed by atoms with Crippen LogP contribution in [0.4, 0.5) is 28.7 Å². The Morgan fingerprint density at radius 1 is 1.35 bits per heavy atom. The van der Waals surface area contributed by atoms with Gasteiger partial charge in [-0.15, -0.1) is 5.53 Å². The third-order valence-corrected chi connectivity index (χ3v) is 4.21. The Balaban J connectivity index is 1.82. The molecule has 1 aliphatic rings. The van der Waals surface area contributed by atoms with Crippen molar-refractivity contribution in [2.24, 2.45) is 0 Å². The number of hydrogen-bond acceptors (Lipinski definition) is 9. The fourth-order valence-corrected chi connectivity index (χ4v) is 2.91. The lowest BCUT2D eigenvalue weighted by Crippen LogP contribution is -2.31. The minimum absolute atomic E-state index is 0.0814. The van der Waals surface area contributed by atoms with E-state index >= 15 is 0 Å². The van der Waals surface area contributed by atoms with Crippen molar-refractivity contribution < 1.29 is 9.90 Å². The molecule has 0 aliphatic carbocycles. The monoisotopic (exact) mass is 354 g/mol. The van der Waals surface area contributed by atoms with Gasteiger partial charge in [0.2, 0.25) is 0 Å². The van der Waals surface area contributed by atoms with Crippen LogP contribution in [-0.4, -0.2) is 40.1 Å². The van der Waals surface area contributed by atoms with Crippen LogP contribution in [0, 0.1) is 0 Å². The molecule has 2 aromatic heterocycles. The number of hydrogen-bond donors (Lipinski definition) is 5.